The van der Waals surface area contributed by atoms with Crippen LogP contribution in [0.3, 0.4) is 0 Å². The largest absolute Gasteiger partial charge is 0.480 e. The van der Waals surface area contributed by atoms with Gasteiger partial charge in [0.15, 0.2) is 0 Å². The van der Waals surface area contributed by atoms with Crippen LogP contribution in [0.5, 0.6) is 0 Å². The van der Waals surface area contributed by atoms with Crippen LogP contribution >= 0.6 is 11.3 Å². The van der Waals surface area contributed by atoms with Crippen molar-refractivity contribution in [3.63, 3.8) is 0 Å². The van der Waals surface area contributed by atoms with Crippen LogP contribution < -0.4 is 0 Å². The second-order valence-electron chi connectivity index (χ2n) is 3.07. The number of rotatable bonds is 3. The lowest BCUT2D eigenvalue weighted by molar-refractivity contribution is -0.137. The minimum Gasteiger partial charge on any atom is -0.480 e. The van der Waals surface area contributed by atoms with Crippen molar-refractivity contribution in [2.24, 2.45) is 0 Å². The monoisotopic (exact) mass is 233 g/mol. The normalized spacial score (nSPS) is 9.94. The van der Waals surface area contributed by atoms with E-state index in [9.17, 15) is 4.79 Å². The van der Waals surface area contributed by atoms with E-state index in [1.165, 1.54) is 22.2 Å². The molecule has 0 aromatic carbocycles. The molecule has 0 aliphatic rings. The van der Waals surface area contributed by atoms with Crippen LogP contribution in [-0.2, 0) is 11.3 Å². The van der Waals surface area contributed by atoms with Crippen molar-refractivity contribution >= 4 is 17.3 Å². The van der Waals surface area contributed by atoms with Gasteiger partial charge in [0.1, 0.15) is 18.3 Å². The fraction of sp³-hybridized carbons (Fsp3) is 0.100. The molecule has 2 aromatic rings. The smallest absolute Gasteiger partial charge is 0.325 e. The summed E-state index contributed by atoms with van der Waals surface area (Å²) in [4.78, 5) is 11.4. The Kier molecular flexibility index (Phi) is 2.70. The van der Waals surface area contributed by atoms with Gasteiger partial charge in [-0.05, 0) is 11.4 Å². The maximum absolute atomic E-state index is 10.5. The quantitative estimate of drug-likeness (QED) is 0.872. The third-order valence-electron chi connectivity index (χ3n) is 1.93. The molecule has 0 amide bonds. The minimum absolute atomic E-state index is 0.236. The van der Waals surface area contributed by atoms with Crippen molar-refractivity contribution in [1.82, 2.24) is 9.78 Å². The van der Waals surface area contributed by atoms with Crippen LogP contribution in [0.2, 0.25) is 0 Å². The number of nitriles is 1. The molecule has 0 aliphatic carbocycles. The molecule has 0 radical (unpaired) electrons. The number of thiophene rings is 1. The highest BCUT2D eigenvalue weighted by Crippen LogP contribution is 2.25. The Bertz CT molecular complexity index is 551. The molecule has 0 aliphatic heterocycles. The Balaban J connectivity index is 2.42. The molecule has 0 saturated heterocycles. The van der Waals surface area contributed by atoms with E-state index in [0.29, 0.717) is 11.3 Å². The van der Waals surface area contributed by atoms with E-state index >= 15 is 0 Å². The van der Waals surface area contributed by atoms with Gasteiger partial charge in [-0.2, -0.15) is 10.4 Å². The van der Waals surface area contributed by atoms with Gasteiger partial charge in [0, 0.05) is 6.20 Å². The zero-order valence-corrected chi connectivity index (χ0v) is 8.94. The number of aromatic nitrogens is 2. The molecule has 6 heteroatoms. The van der Waals surface area contributed by atoms with Gasteiger partial charge < -0.3 is 5.11 Å². The predicted molar refractivity (Wildman–Crippen MR) is 57.9 cm³/mol. The van der Waals surface area contributed by atoms with E-state index in [4.69, 9.17) is 10.4 Å². The summed E-state index contributed by atoms with van der Waals surface area (Å²) in [6.07, 6.45) is 1.45. The zero-order valence-electron chi connectivity index (χ0n) is 8.12. The molecule has 0 atom stereocenters. The summed E-state index contributed by atoms with van der Waals surface area (Å²) < 4.78 is 1.26. The average Bonchev–Trinajstić information content (AvgIpc) is 2.83. The second-order valence-corrected chi connectivity index (χ2v) is 4.02. The molecule has 2 rings (SSSR count). The first-order chi connectivity index (χ1) is 7.70. The molecule has 0 spiro atoms. The number of aliphatic carboxylic acids is 1. The number of hydrogen-bond donors (Lipinski definition) is 1. The number of carbonyl (C=O) groups is 1. The summed E-state index contributed by atoms with van der Waals surface area (Å²) in [5.74, 6) is -0.982. The molecule has 16 heavy (non-hydrogen) atoms. The fourth-order valence-electron chi connectivity index (χ4n) is 1.32. The highest BCUT2D eigenvalue weighted by atomic mass is 32.1. The van der Waals surface area contributed by atoms with Crippen molar-refractivity contribution < 1.29 is 9.90 Å². The predicted octanol–water partition coefficient (Wildman–Crippen LogP) is 1.57. The third-order valence-corrected chi connectivity index (χ3v) is 2.81. The molecule has 5 nitrogen and oxygen atoms in total. The summed E-state index contributed by atoms with van der Waals surface area (Å²) in [5, 5.41) is 23.5. The standard InChI is InChI=1S/C10H7N3O2S/c11-4-7-5-13(6-9(14)15)12-10(7)8-2-1-3-16-8/h1-3,5H,6H2,(H,14,15). The molecule has 1 N–H and O–H groups in total. The van der Waals surface area contributed by atoms with Gasteiger partial charge in [-0.3, -0.25) is 9.48 Å². The fourth-order valence-corrected chi connectivity index (χ4v) is 2.04. The zero-order chi connectivity index (χ0) is 11.5. The van der Waals surface area contributed by atoms with Crippen LogP contribution in [-0.4, -0.2) is 20.9 Å². The molecule has 0 unspecified atom stereocenters. The van der Waals surface area contributed by atoms with Crippen LogP contribution in [0.15, 0.2) is 23.7 Å². The van der Waals surface area contributed by atoms with Gasteiger partial charge in [0.25, 0.3) is 0 Å². The van der Waals surface area contributed by atoms with Crippen molar-refractivity contribution in [2.75, 3.05) is 0 Å². The van der Waals surface area contributed by atoms with Gasteiger partial charge in [0.2, 0.25) is 0 Å². The van der Waals surface area contributed by atoms with Crippen LogP contribution in [0.25, 0.3) is 10.6 Å². The SMILES string of the molecule is N#Cc1cn(CC(=O)O)nc1-c1cccs1. The maximum atomic E-state index is 10.5. The molecule has 2 heterocycles. The Hall–Kier alpha value is -2.13. The topological polar surface area (TPSA) is 78.9 Å². The molecular weight excluding hydrogens is 226 g/mol. The van der Waals surface area contributed by atoms with E-state index in [-0.39, 0.29) is 6.54 Å². The van der Waals surface area contributed by atoms with Gasteiger partial charge in [-0.15, -0.1) is 11.3 Å². The number of hydrogen-bond acceptors (Lipinski definition) is 4. The molecular formula is C10H7N3O2S. The second kappa shape index (κ2) is 4.16. The van der Waals surface area contributed by atoms with Gasteiger partial charge in [-0.25, -0.2) is 0 Å². The summed E-state index contributed by atoms with van der Waals surface area (Å²) in [7, 11) is 0. The Morgan fingerprint density at radius 1 is 1.69 bits per heavy atom. The van der Waals surface area contributed by atoms with E-state index in [1.807, 2.05) is 23.6 Å². The van der Waals surface area contributed by atoms with E-state index < -0.39 is 5.97 Å². The highest BCUT2D eigenvalue weighted by Gasteiger charge is 2.12. The van der Waals surface area contributed by atoms with Crippen LogP contribution in [0.4, 0.5) is 0 Å². The first-order valence-corrected chi connectivity index (χ1v) is 5.32. The minimum atomic E-state index is -0.982. The molecule has 0 saturated carbocycles. The summed E-state index contributed by atoms with van der Waals surface area (Å²) in [6, 6.07) is 5.71. The molecule has 2 aromatic heterocycles. The Labute approximate surface area is 95.2 Å². The highest BCUT2D eigenvalue weighted by molar-refractivity contribution is 7.13. The van der Waals surface area contributed by atoms with Gasteiger partial charge >= 0.3 is 5.97 Å². The Morgan fingerprint density at radius 3 is 3.06 bits per heavy atom. The summed E-state index contributed by atoms with van der Waals surface area (Å²) in [5.41, 5.74) is 0.933. The molecule has 0 bridgehead atoms. The van der Waals surface area contributed by atoms with Gasteiger partial charge in [-0.1, -0.05) is 6.07 Å². The maximum Gasteiger partial charge on any atom is 0.325 e. The van der Waals surface area contributed by atoms with Crippen molar-refractivity contribution in [3.05, 3.63) is 29.3 Å². The summed E-state index contributed by atoms with van der Waals surface area (Å²) in [6.45, 7) is -0.236. The first kappa shape index (κ1) is 10.4. The Morgan fingerprint density at radius 2 is 2.50 bits per heavy atom. The lowest BCUT2D eigenvalue weighted by atomic mass is 10.2. The lowest BCUT2D eigenvalue weighted by Gasteiger charge is -1.93. The van der Waals surface area contributed by atoms with Crippen molar-refractivity contribution in [2.45, 2.75) is 6.54 Å². The third kappa shape index (κ3) is 1.94. The average molecular weight is 233 g/mol. The van der Waals surface area contributed by atoms with Gasteiger partial charge in [0.05, 0.1) is 10.4 Å². The lowest BCUT2D eigenvalue weighted by Crippen LogP contribution is -2.08. The number of nitrogens with zero attached hydrogens (tertiary/aromatic N) is 3. The first-order valence-electron chi connectivity index (χ1n) is 4.44. The van der Waals surface area contributed by atoms with Crippen molar-refractivity contribution in [3.8, 4) is 16.6 Å². The van der Waals surface area contributed by atoms with E-state index in [1.54, 1.807) is 0 Å². The molecule has 0 fully saturated rings. The number of carboxylic acids is 1. The molecule has 80 valence electrons. The van der Waals surface area contributed by atoms with E-state index in [2.05, 4.69) is 5.10 Å². The summed E-state index contributed by atoms with van der Waals surface area (Å²) >= 11 is 1.46. The van der Waals surface area contributed by atoms with Crippen molar-refractivity contribution in [1.29, 1.82) is 5.26 Å². The van der Waals surface area contributed by atoms with E-state index in [0.717, 1.165) is 4.88 Å². The van der Waals surface area contributed by atoms with Crippen LogP contribution in [0, 0.1) is 11.3 Å². The van der Waals surface area contributed by atoms with Crippen LogP contribution in [0.1, 0.15) is 5.56 Å². The number of carboxylic acid groups (broad SMARTS) is 1.